The summed E-state index contributed by atoms with van der Waals surface area (Å²) in [6.45, 7) is 11.1. The molecule has 0 radical (unpaired) electrons. The zero-order chi connectivity index (χ0) is 31.4. The predicted molar refractivity (Wildman–Crippen MR) is 149 cm³/mol. The second-order valence-corrected chi connectivity index (χ2v) is 15.4. The summed E-state index contributed by atoms with van der Waals surface area (Å²) in [7, 11) is 0. The first-order valence-corrected chi connectivity index (χ1v) is 16.0. The van der Waals surface area contributed by atoms with Gasteiger partial charge in [-0.15, -0.1) is 0 Å². The Labute approximate surface area is 256 Å². The Morgan fingerprint density at radius 3 is 2.52 bits per heavy atom. The van der Waals surface area contributed by atoms with Crippen molar-refractivity contribution >= 4 is 17.9 Å². The van der Waals surface area contributed by atoms with Crippen LogP contribution in [0.3, 0.4) is 0 Å². The van der Waals surface area contributed by atoms with Crippen LogP contribution in [0.25, 0.3) is 0 Å². The zero-order valence-corrected chi connectivity index (χ0v) is 26.1. The number of fused-ring (bicyclic) bond motifs is 1. The summed E-state index contributed by atoms with van der Waals surface area (Å²) >= 11 is 0. The lowest BCUT2D eigenvalue weighted by molar-refractivity contribution is -0.363. The molecule has 8 rings (SSSR count). The maximum absolute atomic E-state index is 13.5. The maximum Gasteiger partial charge on any atom is 0.336 e. The van der Waals surface area contributed by atoms with Gasteiger partial charge in [-0.05, 0) is 65.4 Å². The first-order valence-electron chi connectivity index (χ1n) is 16.0. The van der Waals surface area contributed by atoms with E-state index in [9.17, 15) is 24.6 Å². The molecule has 0 bridgehead atoms. The van der Waals surface area contributed by atoms with Crippen molar-refractivity contribution in [2.45, 2.75) is 138 Å². The van der Waals surface area contributed by atoms with Crippen LogP contribution in [-0.2, 0) is 42.8 Å². The van der Waals surface area contributed by atoms with Crippen LogP contribution in [0.5, 0.6) is 0 Å². The number of ether oxygens (including phenoxy) is 6. The van der Waals surface area contributed by atoms with E-state index < -0.39 is 81.8 Å². The number of allylic oxidation sites excluding steroid dienone is 1. The summed E-state index contributed by atoms with van der Waals surface area (Å²) in [4.78, 5) is 38.9. The lowest BCUT2D eigenvalue weighted by atomic mass is 9.54. The van der Waals surface area contributed by atoms with Gasteiger partial charge in [0.25, 0.3) is 0 Å². The van der Waals surface area contributed by atoms with Crippen LogP contribution in [-0.4, -0.2) is 86.3 Å². The van der Waals surface area contributed by atoms with Crippen LogP contribution in [0.1, 0.15) is 80.1 Å². The van der Waals surface area contributed by atoms with Gasteiger partial charge in [-0.1, -0.05) is 13.0 Å². The van der Waals surface area contributed by atoms with Gasteiger partial charge in [-0.3, -0.25) is 4.79 Å². The first-order chi connectivity index (χ1) is 20.6. The molecule has 7 fully saturated rings. The molecule has 4 saturated heterocycles. The first kappa shape index (κ1) is 29.1. The third kappa shape index (κ3) is 3.32. The molecular weight excluding hydrogens is 572 g/mol. The quantitative estimate of drug-likeness (QED) is 0.204. The molecule has 8 aliphatic rings. The molecule has 2 N–H and O–H groups in total. The number of rotatable bonds is 2. The van der Waals surface area contributed by atoms with E-state index in [2.05, 4.69) is 6.92 Å². The van der Waals surface area contributed by atoms with Crippen LogP contribution >= 0.6 is 0 Å². The van der Waals surface area contributed by atoms with E-state index in [0.29, 0.717) is 24.0 Å². The Morgan fingerprint density at radius 2 is 1.84 bits per heavy atom. The van der Waals surface area contributed by atoms with Crippen molar-refractivity contribution in [1.29, 1.82) is 0 Å². The smallest absolute Gasteiger partial charge is 0.336 e. The minimum atomic E-state index is -1.68. The fourth-order valence-electron chi connectivity index (χ4n) is 11.1. The minimum absolute atomic E-state index is 0.00382. The monoisotopic (exact) mass is 614 g/mol. The van der Waals surface area contributed by atoms with Gasteiger partial charge in [0, 0.05) is 36.3 Å². The molecule has 0 amide bonds. The number of carbonyl (C=O) groups is 3. The van der Waals surface area contributed by atoms with E-state index in [1.54, 1.807) is 32.9 Å². The van der Waals surface area contributed by atoms with Crippen LogP contribution in [0.15, 0.2) is 23.3 Å². The van der Waals surface area contributed by atoms with Gasteiger partial charge in [-0.2, -0.15) is 0 Å². The van der Waals surface area contributed by atoms with Crippen LogP contribution in [0, 0.1) is 23.7 Å². The SMILES string of the molecule is C/C=C(/C)C(=O)O[C@@H]1C[C@H]2C(C)(C)O[C@@H]3CC(=O)O[C@@]32C[C@@]2(O)C[C@H](O)[C@]34O[C@@]5(C=C(C)C(=O)O5)C[C@@H](C)[C@H]3C[C@@H]3O[C@@]34[C@H]12. The van der Waals surface area contributed by atoms with Gasteiger partial charge in [-0.25, -0.2) is 9.59 Å². The fraction of sp³-hybridized carbons (Fsp3) is 0.788. The molecule has 240 valence electrons. The van der Waals surface area contributed by atoms with Crippen molar-refractivity contribution in [2.75, 3.05) is 0 Å². The van der Waals surface area contributed by atoms with Gasteiger partial charge in [0.05, 0.1) is 35.7 Å². The second kappa shape index (κ2) is 8.53. The zero-order valence-electron chi connectivity index (χ0n) is 26.1. The highest BCUT2D eigenvalue weighted by Gasteiger charge is 2.91. The number of hydrogen-bond acceptors (Lipinski definition) is 11. The normalized spacial score (nSPS) is 54.5. The lowest BCUT2D eigenvalue weighted by Gasteiger charge is -2.61. The van der Waals surface area contributed by atoms with Crippen molar-refractivity contribution in [3.63, 3.8) is 0 Å². The Bertz CT molecular complexity index is 1430. The molecule has 4 spiro atoms. The summed E-state index contributed by atoms with van der Waals surface area (Å²) in [5.74, 6) is -4.20. The highest BCUT2D eigenvalue weighted by Crippen LogP contribution is 2.76. The Balaban J connectivity index is 1.30. The van der Waals surface area contributed by atoms with Crippen molar-refractivity contribution in [2.24, 2.45) is 23.7 Å². The molecule has 11 nitrogen and oxygen atoms in total. The molecule has 11 heteroatoms. The largest absolute Gasteiger partial charge is 0.458 e. The van der Waals surface area contributed by atoms with E-state index in [0.717, 1.165) is 0 Å². The molecule has 13 atom stereocenters. The molecule has 3 saturated carbocycles. The Morgan fingerprint density at radius 1 is 1.09 bits per heavy atom. The number of epoxide rings is 1. The standard InChI is InChI=1S/C33H42O11/c1-7-15(2)26(36)39-19-9-20-28(5,6)40-22-10-24(35)42-31(20,22)14-29(38)13-21(34)32-18(8-23-33(32,41-23)25(19)29)16(3)11-30(44-32)12-17(4)27(37)43-30/h7,12,16,18-23,25,34,38H,8-11,13-14H2,1-6H3/b15-7-/t16-,18-,19-,20+,21+,22-,23+,25-,29+,30-,31-,32-,33-/m1/s1. The average molecular weight is 615 g/mol. The van der Waals surface area contributed by atoms with Gasteiger partial charge < -0.3 is 38.6 Å². The molecule has 0 aromatic heterocycles. The topological polar surface area (TPSA) is 150 Å². The number of aliphatic hydroxyl groups is 2. The average Bonchev–Trinajstić information content (AvgIpc) is 3.26. The number of hydrogen-bond donors (Lipinski definition) is 2. The van der Waals surface area contributed by atoms with Crippen LogP contribution in [0.2, 0.25) is 0 Å². The van der Waals surface area contributed by atoms with Gasteiger partial charge in [0.15, 0.2) is 0 Å². The van der Waals surface area contributed by atoms with Gasteiger partial charge >= 0.3 is 17.9 Å². The molecule has 0 unspecified atom stereocenters. The lowest BCUT2D eigenvalue weighted by Crippen LogP contribution is -2.76. The van der Waals surface area contributed by atoms with Crippen molar-refractivity contribution < 1.29 is 53.0 Å². The molecule has 44 heavy (non-hydrogen) atoms. The Hall–Kier alpha value is -2.31. The summed E-state index contributed by atoms with van der Waals surface area (Å²) in [5, 5.41) is 25.2. The number of esters is 3. The molecular formula is C33H42O11. The molecule has 5 aliphatic heterocycles. The van der Waals surface area contributed by atoms with E-state index >= 15 is 0 Å². The number of aliphatic hydroxyl groups excluding tert-OH is 1. The van der Waals surface area contributed by atoms with E-state index in [4.69, 9.17) is 28.4 Å². The molecule has 0 aromatic rings. The fourth-order valence-corrected chi connectivity index (χ4v) is 11.1. The van der Waals surface area contributed by atoms with Crippen LogP contribution < -0.4 is 0 Å². The van der Waals surface area contributed by atoms with E-state index in [1.807, 2.05) is 13.8 Å². The van der Waals surface area contributed by atoms with Crippen molar-refractivity contribution in [3.05, 3.63) is 23.3 Å². The highest BCUT2D eigenvalue weighted by molar-refractivity contribution is 5.90. The summed E-state index contributed by atoms with van der Waals surface area (Å²) in [6, 6.07) is 0. The summed E-state index contributed by atoms with van der Waals surface area (Å²) in [6.07, 6.45) is 1.45. The Kier molecular flexibility index (Phi) is 5.64. The van der Waals surface area contributed by atoms with E-state index in [1.165, 1.54) is 0 Å². The van der Waals surface area contributed by atoms with Crippen molar-refractivity contribution in [3.8, 4) is 0 Å². The molecule has 0 aromatic carbocycles. The van der Waals surface area contributed by atoms with Crippen molar-refractivity contribution in [1.82, 2.24) is 0 Å². The minimum Gasteiger partial charge on any atom is -0.458 e. The molecule has 5 heterocycles. The predicted octanol–water partition coefficient (Wildman–Crippen LogP) is 2.40. The third-order valence-electron chi connectivity index (χ3n) is 12.6. The second-order valence-electron chi connectivity index (χ2n) is 15.4. The van der Waals surface area contributed by atoms with Crippen LogP contribution in [0.4, 0.5) is 0 Å². The van der Waals surface area contributed by atoms with Gasteiger partial charge in [0.2, 0.25) is 5.79 Å². The van der Waals surface area contributed by atoms with E-state index in [-0.39, 0.29) is 43.6 Å². The van der Waals surface area contributed by atoms with Gasteiger partial charge in [0.1, 0.15) is 29.0 Å². The summed E-state index contributed by atoms with van der Waals surface area (Å²) in [5.41, 5.74) is -5.35. The third-order valence-corrected chi connectivity index (χ3v) is 12.6. The maximum atomic E-state index is 13.5. The number of carbonyl (C=O) groups excluding carboxylic acids is 3. The summed E-state index contributed by atoms with van der Waals surface area (Å²) < 4.78 is 38.4. The molecule has 3 aliphatic carbocycles. The highest BCUT2D eigenvalue weighted by atomic mass is 16.8.